The first kappa shape index (κ1) is 15.9. The van der Waals surface area contributed by atoms with E-state index in [0.717, 1.165) is 28.5 Å². The molecule has 0 amide bonds. The summed E-state index contributed by atoms with van der Waals surface area (Å²) in [4.78, 5) is 0. The second-order valence-electron chi connectivity index (χ2n) is 6.31. The molecule has 1 N–H and O–H groups in total. The van der Waals surface area contributed by atoms with Gasteiger partial charge in [0.15, 0.2) is 0 Å². The van der Waals surface area contributed by atoms with E-state index in [0.29, 0.717) is 5.56 Å². The number of halogens is 3. The van der Waals surface area contributed by atoms with Crippen LogP contribution < -0.4 is 5.32 Å². The van der Waals surface area contributed by atoms with Gasteiger partial charge in [-0.15, -0.1) is 0 Å². The number of aryl methyl sites for hydroxylation is 1. The minimum absolute atomic E-state index is 0.0728. The molecule has 0 unspecified atom stereocenters. The number of benzene rings is 3. The van der Waals surface area contributed by atoms with Gasteiger partial charge in [-0.05, 0) is 54.2 Å². The lowest BCUT2D eigenvalue weighted by Crippen LogP contribution is -2.20. The molecule has 0 aliphatic heterocycles. The van der Waals surface area contributed by atoms with E-state index in [-0.39, 0.29) is 18.9 Å². The summed E-state index contributed by atoms with van der Waals surface area (Å²) < 4.78 is 55.1. The van der Waals surface area contributed by atoms with Gasteiger partial charge in [0, 0.05) is 8.78 Å². The molecule has 0 saturated carbocycles. The van der Waals surface area contributed by atoms with Gasteiger partial charge in [-0.1, -0.05) is 60.7 Å². The molecule has 3 aromatic rings. The highest BCUT2D eigenvalue weighted by molar-refractivity contribution is 5.86. The van der Waals surface area contributed by atoms with Crippen molar-refractivity contribution in [3.05, 3.63) is 83.4 Å². The fourth-order valence-electron chi connectivity index (χ4n) is 3.04. The van der Waals surface area contributed by atoms with Gasteiger partial charge in [-0.25, -0.2) is 0 Å². The zero-order valence-electron chi connectivity index (χ0n) is 16.5. The zero-order valence-corrected chi connectivity index (χ0v) is 14.5. The maximum Gasteiger partial charge on any atom is 0.416 e. The van der Waals surface area contributed by atoms with Crippen molar-refractivity contribution >= 4 is 10.8 Å². The molecule has 0 radical (unpaired) electrons. The molecule has 0 fully saturated rings. The Hall–Kier alpha value is -2.33. The Balaban J connectivity index is 1.70. The topological polar surface area (TPSA) is 12.0 Å². The molecule has 3 aromatic carbocycles. The van der Waals surface area contributed by atoms with E-state index in [1.165, 1.54) is 6.07 Å². The predicted octanol–water partition coefficient (Wildman–Crippen LogP) is 6.14. The Morgan fingerprint density at radius 2 is 1.73 bits per heavy atom. The molecule has 0 aliphatic rings. The van der Waals surface area contributed by atoms with Crippen molar-refractivity contribution in [3.63, 3.8) is 0 Å². The largest absolute Gasteiger partial charge is 0.416 e. The molecule has 26 heavy (non-hydrogen) atoms. The first-order valence-corrected chi connectivity index (χ1v) is 8.57. The van der Waals surface area contributed by atoms with E-state index in [1.54, 1.807) is 6.07 Å². The van der Waals surface area contributed by atoms with Crippen molar-refractivity contribution in [2.75, 3.05) is 6.50 Å². The summed E-state index contributed by atoms with van der Waals surface area (Å²) >= 11 is 0. The van der Waals surface area contributed by atoms with Gasteiger partial charge >= 0.3 is 6.18 Å². The van der Waals surface area contributed by atoms with Gasteiger partial charge < -0.3 is 5.32 Å². The highest BCUT2D eigenvalue weighted by atomic mass is 19.4. The van der Waals surface area contributed by atoms with Crippen LogP contribution in [-0.2, 0) is 12.6 Å². The first-order chi connectivity index (χ1) is 13.2. The lowest BCUT2D eigenvalue weighted by atomic mass is 9.99. The molecular formula is C22H22F3N. The third kappa shape index (κ3) is 4.44. The highest BCUT2D eigenvalue weighted by Crippen LogP contribution is 2.29. The summed E-state index contributed by atoms with van der Waals surface area (Å²) in [7, 11) is 0. The molecule has 0 aliphatic carbocycles. The van der Waals surface area contributed by atoms with Crippen LogP contribution in [0.15, 0.2) is 66.7 Å². The second-order valence-corrected chi connectivity index (χ2v) is 6.31. The van der Waals surface area contributed by atoms with E-state index in [2.05, 4.69) is 5.32 Å². The van der Waals surface area contributed by atoms with Crippen LogP contribution in [0.3, 0.4) is 0 Å². The Kier molecular flexibility index (Phi) is 4.84. The summed E-state index contributed by atoms with van der Waals surface area (Å²) in [5, 5.41) is 5.13. The van der Waals surface area contributed by atoms with Crippen molar-refractivity contribution < 1.29 is 15.9 Å². The number of alkyl halides is 3. The first-order valence-electron chi connectivity index (χ1n) is 9.57. The summed E-state index contributed by atoms with van der Waals surface area (Å²) in [5.41, 5.74) is 0.752. The molecule has 0 bridgehead atoms. The zero-order chi connectivity index (χ0) is 20.4. The SMILES string of the molecule is [2H]C([2H])(CCc1cccc(C(F)(F)F)c1)N[C@H](C)c1cccc2ccccc12. The van der Waals surface area contributed by atoms with Crippen LogP contribution in [0.1, 0.15) is 38.8 Å². The van der Waals surface area contributed by atoms with Crippen LogP contribution in [0.4, 0.5) is 13.2 Å². The van der Waals surface area contributed by atoms with Crippen LogP contribution >= 0.6 is 0 Å². The van der Waals surface area contributed by atoms with Gasteiger partial charge in [0.1, 0.15) is 0 Å². The maximum atomic E-state index is 12.8. The number of rotatable bonds is 6. The lowest BCUT2D eigenvalue weighted by Gasteiger charge is -2.17. The molecule has 3 rings (SSSR count). The minimum atomic E-state index is -4.39. The Morgan fingerprint density at radius 3 is 2.54 bits per heavy atom. The minimum Gasteiger partial charge on any atom is -0.310 e. The van der Waals surface area contributed by atoms with Crippen LogP contribution in [0, 0.1) is 0 Å². The van der Waals surface area contributed by atoms with Gasteiger partial charge in [-0.3, -0.25) is 0 Å². The second kappa shape index (κ2) is 7.92. The molecule has 1 atom stereocenters. The average Bonchev–Trinajstić information content (AvgIpc) is 2.65. The van der Waals surface area contributed by atoms with Crippen molar-refractivity contribution in [2.24, 2.45) is 0 Å². The molecule has 0 spiro atoms. The van der Waals surface area contributed by atoms with E-state index in [4.69, 9.17) is 2.74 Å². The average molecular weight is 359 g/mol. The molecular weight excluding hydrogens is 335 g/mol. The van der Waals surface area contributed by atoms with Gasteiger partial charge in [0.2, 0.25) is 0 Å². The van der Waals surface area contributed by atoms with E-state index in [9.17, 15) is 13.2 Å². The maximum absolute atomic E-state index is 12.8. The summed E-state index contributed by atoms with van der Waals surface area (Å²) in [5.74, 6) is 0. The van der Waals surface area contributed by atoms with Crippen LogP contribution in [0.25, 0.3) is 10.8 Å². The molecule has 0 aromatic heterocycles. The highest BCUT2D eigenvalue weighted by Gasteiger charge is 2.30. The summed E-state index contributed by atoms with van der Waals surface area (Å²) in [6.07, 6.45) is -4.11. The van der Waals surface area contributed by atoms with Crippen LogP contribution in [-0.4, -0.2) is 6.50 Å². The van der Waals surface area contributed by atoms with E-state index < -0.39 is 18.2 Å². The molecule has 1 nitrogen and oxygen atoms in total. The van der Waals surface area contributed by atoms with Crippen LogP contribution in [0.2, 0.25) is 0 Å². The van der Waals surface area contributed by atoms with Crippen molar-refractivity contribution in [2.45, 2.75) is 32.0 Å². The Morgan fingerprint density at radius 1 is 1.00 bits per heavy atom. The molecule has 0 saturated heterocycles. The monoisotopic (exact) mass is 359 g/mol. The van der Waals surface area contributed by atoms with Crippen molar-refractivity contribution in [1.82, 2.24) is 5.32 Å². The Bertz CT molecular complexity index is 948. The van der Waals surface area contributed by atoms with Crippen molar-refractivity contribution in [1.29, 1.82) is 0 Å². The summed E-state index contributed by atoms with van der Waals surface area (Å²) in [6.45, 7) is 0.175. The predicted molar refractivity (Wildman–Crippen MR) is 100 cm³/mol. The Labute approximate surface area is 154 Å². The fourth-order valence-corrected chi connectivity index (χ4v) is 3.04. The number of hydrogen-bond donors (Lipinski definition) is 1. The summed E-state index contributed by atoms with van der Waals surface area (Å²) in [6, 6.07) is 18.6. The standard InChI is InChI=1S/C22H22F3N/c1-16(20-13-5-10-18-9-2-3-12-21(18)20)26-14-6-8-17-7-4-11-19(15-17)22(23,24)25/h2-5,7,9-13,15-16,26H,6,8,14H2,1H3/t16-/m1/s1/i14D2. The lowest BCUT2D eigenvalue weighted by molar-refractivity contribution is -0.137. The normalized spacial score (nSPS) is 14.8. The molecule has 136 valence electrons. The quantitative estimate of drug-likeness (QED) is 0.557. The molecule has 0 heterocycles. The number of nitrogens with one attached hydrogen (secondary N) is 1. The van der Waals surface area contributed by atoms with E-state index >= 15 is 0 Å². The number of hydrogen-bond acceptors (Lipinski definition) is 1. The van der Waals surface area contributed by atoms with Crippen molar-refractivity contribution in [3.8, 4) is 0 Å². The third-order valence-corrected chi connectivity index (χ3v) is 4.40. The molecule has 4 heteroatoms. The third-order valence-electron chi connectivity index (χ3n) is 4.40. The van der Waals surface area contributed by atoms with E-state index in [1.807, 2.05) is 49.4 Å². The van der Waals surface area contributed by atoms with Gasteiger partial charge in [0.25, 0.3) is 0 Å². The van der Waals surface area contributed by atoms with Gasteiger partial charge in [0.05, 0.1) is 5.56 Å². The smallest absolute Gasteiger partial charge is 0.310 e. The number of fused-ring (bicyclic) bond motifs is 1. The van der Waals surface area contributed by atoms with Gasteiger partial charge in [-0.2, -0.15) is 13.2 Å². The fraction of sp³-hybridized carbons (Fsp3) is 0.273. The van der Waals surface area contributed by atoms with Crippen LogP contribution in [0.5, 0.6) is 0 Å².